The van der Waals surface area contributed by atoms with Gasteiger partial charge in [-0.05, 0) is 19.3 Å². The van der Waals surface area contributed by atoms with Gasteiger partial charge in [-0.2, -0.15) is 0 Å². The zero-order chi connectivity index (χ0) is 12.8. The van der Waals surface area contributed by atoms with Gasteiger partial charge in [-0.3, -0.25) is 0 Å². The van der Waals surface area contributed by atoms with Gasteiger partial charge in [0.15, 0.2) is 0 Å². The molecule has 0 aliphatic carbocycles. The highest BCUT2D eigenvalue weighted by molar-refractivity contribution is 7.04. The maximum Gasteiger partial charge on any atom is 0.0677 e. The number of unbranched alkanes of at least 4 members (excludes halogenated alkanes) is 3. The van der Waals surface area contributed by atoms with Gasteiger partial charge in [0, 0.05) is 6.61 Å². The van der Waals surface area contributed by atoms with Crippen LogP contribution in [-0.2, 0) is 0 Å². The van der Waals surface area contributed by atoms with E-state index in [2.05, 4.69) is 45.4 Å². The van der Waals surface area contributed by atoms with Crippen molar-refractivity contribution in [3.63, 3.8) is 0 Å². The molecule has 0 amide bonds. The van der Waals surface area contributed by atoms with E-state index in [-0.39, 0.29) is 0 Å². The third-order valence-corrected chi connectivity index (χ3v) is 11.0. The molecule has 0 heterocycles. The molecule has 0 bridgehead atoms. The molecule has 0 unspecified atom stereocenters. The number of allylic oxidation sites excluding steroid dienone is 1. The molecule has 96 valence electrons. The van der Waals surface area contributed by atoms with Crippen LogP contribution in [0.2, 0.25) is 39.3 Å². The minimum atomic E-state index is -1.12. The predicted octanol–water partition coefficient (Wildman–Crippen LogP) is 4.22. The zero-order valence-corrected chi connectivity index (χ0v) is 14.1. The van der Waals surface area contributed by atoms with Crippen LogP contribution in [0.3, 0.4) is 0 Å². The lowest BCUT2D eigenvalue weighted by molar-refractivity contribution is 0.283. The summed E-state index contributed by atoms with van der Waals surface area (Å²) in [5.74, 6) is 0. The second-order valence-corrected chi connectivity index (χ2v) is 17.3. The summed E-state index contributed by atoms with van der Waals surface area (Å²) in [6, 6.07) is 0. The Hall–Kier alpha value is 0.134. The average molecular weight is 259 g/mol. The Kier molecular flexibility index (Phi) is 6.83. The van der Waals surface area contributed by atoms with Crippen molar-refractivity contribution in [2.45, 2.75) is 65.0 Å². The van der Waals surface area contributed by atoms with Crippen molar-refractivity contribution in [1.82, 2.24) is 0 Å². The van der Waals surface area contributed by atoms with E-state index >= 15 is 0 Å². The number of aliphatic hydroxyl groups is 1. The monoisotopic (exact) mass is 258 g/mol. The van der Waals surface area contributed by atoms with Crippen LogP contribution >= 0.6 is 0 Å². The molecule has 0 saturated carbocycles. The molecule has 0 aromatic carbocycles. The van der Waals surface area contributed by atoms with Crippen LogP contribution < -0.4 is 0 Å². The molecular weight excluding hydrogens is 228 g/mol. The Balaban J connectivity index is 4.38. The van der Waals surface area contributed by atoms with Crippen molar-refractivity contribution < 1.29 is 5.11 Å². The highest BCUT2D eigenvalue weighted by atomic mass is 28.4. The first-order valence-corrected chi connectivity index (χ1v) is 13.5. The van der Waals surface area contributed by atoms with Crippen LogP contribution in [0, 0.1) is 0 Å². The van der Waals surface area contributed by atoms with Gasteiger partial charge in [0.1, 0.15) is 0 Å². The van der Waals surface area contributed by atoms with Crippen molar-refractivity contribution in [1.29, 1.82) is 0 Å². The molecule has 0 aromatic heterocycles. The summed E-state index contributed by atoms with van der Waals surface area (Å²) in [5.41, 5.74) is 0. The first-order valence-electron chi connectivity index (χ1n) is 6.51. The molecule has 0 spiro atoms. The second kappa shape index (κ2) is 6.77. The van der Waals surface area contributed by atoms with E-state index in [0.29, 0.717) is 6.61 Å². The Morgan fingerprint density at radius 3 is 1.75 bits per heavy atom. The van der Waals surface area contributed by atoms with Gasteiger partial charge in [0.25, 0.3) is 0 Å². The fourth-order valence-electron chi connectivity index (χ4n) is 2.42. The molecule has 0 aliphatic rings. The maximum absolute atomic E-state index is 8.73. The van der Waals surface area contributed by atoms with E-state index in [0.717, 1.165) is 12.8 Å². The lowest BCUT2D eigenvalue weighted by Gasteiger charge is -2.31. The van der Waals surface area contributed by atoms with Crippen molar-refractivity contribution in [3.8, 4) is 0 Å². The molecule has 0 saturated heterocycles. The third-order valence-electron chi connectivity index (χ3n) is 2.83. The Morgan fingerprint density at radius 2 is 1.38 bits per heavy atom. The van der Waals surface area contributed by atoms with Gasteiger partial charge in [-0.15, -0.1) is 0 Å². The van der Waals surface area contributed by atoms with Crippen LogP contribution in [0.5, 0.6) is 0 Å². The van der Waals surface area contributed by atoms with Crippen LogP contribution in [0.1, 0.15) is 25.7 Å². The molecule has 3 heteroatoms. The number of aliphatic hydroxyl groups excluding tert-OH is 1. The van der Waals surface area contributed by atoms with Crippen molar-refractivity contribution in [3.05, 3.63) is 10.9 Å². The van der Waals surface area contributed by atoms with Crippen molar-refractivity contribution >= 4 is 16.1 Å². The Bertz CT molecular complexity index is 205. The smallest absolute Gasteiger partial charge is 0.0677 e. The predicted molar refractivity (Wildman–Crippen MR) is 80.3 cm³/mol. The number of hydrogen-bond donors (Lipinski definition) is 1. The summed E-state index contributed by atoms with van der Waals surface area (Å²) in [6.45, 7) is 15.1. The Morgan fingerprint density at radius 1 is 0.875 bits per heavy atom. The summed E-state index contributed by atoms with van der Waals surface area (Å²) < 4.78 is 0. The van der Waals surface area contributed by atoms with E-state index in [1.165, 1.54) is 12.8 Å². The average Bonchev–Trinajstić information content (AvgIpc) is 2.06. The summed E-state index contributed by atoms with van der Waals surface area (Å²) in [6.07, 6.45) is 7.11. The Labute approximate surface area is 104 Å². The van der Waals surface area contributed by atoms with E-state index in [1.54, 1.807) is 0 Å². The molecule has 0 atom stereocenters. The fraction of sp³-hybridized carbons (Fsp3) is 0.846. The van der Waals surface area contributed by atoms with Crippen molar-refractivity contribution in [2.24, 2.45) is 0 Å². The van der Waals surface area contributed by atoms with Crippen LogP contribution in [-0.4, -0.2) is 27.9 Å². The lowest BCUT2D eigenvalue weighted by Crippen LogP contribution is -2.39. The lowest BCUT2D eigenvalue weighted by atomic mass is 10.2. The summed E-state index contributed by atoms with van der Waals surface area (Å²) in [5, 5.41) is 8.73. The van der Waals surface area contributed by atoms with Gasteiger partial charge in [0.05, 0.1) is 16.1 Å². The SMILES string of the molecule is C[Si](C)(C)C(=CCCCCCO)[Si](C)(C)C. The second-order valence-electron chi connectivity index (χ2n) is 6.69. The first kappa shape index (κ1) is 16.1. The first-order chi connectivity index (χ1) is 7.19. The molecule has 0 rings (SSSR count). The van der Waals surface area contributed by atoms with E-state index in [4.69, 9.17) is 5.11 Å². The normalized spacial score (nSPS) is 12.7. The number of hydrogen-bond acceptors (Lipinski definition) is 1. The van der Waals surface area contributed by atoms with E-state index in [9.17, 15) is 0 Å². The van der Waals surface area contributed by atoms with Gasteiger partial charge in [0.2, 0.25) is 0 Å². The van der Waals surface area contributed by atoms with Gasteiger partial charge in [-0.25, -0.2) is 0 Å². The summed E-state index contributed by atoms with van der Waals surface area (Å²) >= 11 is 0. The van der Waals surface area contributed by atoms with Gasteiger partial charge >= 0.3 is 0 Å². The molecule has 16 heavy (non-hydrogen) atoms. The van der Waals surface area contributed by atoms with Crippen LogP contribution in [0.25, 0.3) is 0 Å². The summed E-state index contributed by atoms with van der Waals surface area (Å²) in [4.78, 5) is 1.82. The molecule has 1 N–H and O–H groups in total. The highest BCUT2D eigenvalue weighted by Gasteiger charge is 2.30. The largest absolute Gasteiger partial charge is 0.396 e. The third kappa shape index (κ3) is 6.66. The summed E-state index contributed by atoms with van der Waals surface area (Å²) in [7, 11) is -2.23. The van der Waals surface area contributed by atoms with Crippen LogP contribution in [0.4, 0.5) is 0 Å². The van der Waals surface area contributed by atoms with E-state index in [1.807, 2.05) is 4.82 Å². The minimum absolute atomic E-state index is 0.346. The van der Waals surface area contributed by atoms with E-state index < -0.39 is 16.1 Å². The van der Waals surface area contributed by atoms with Crippen molar-refractivity contribution in [2.75, 3.05) is 6.61 Å². The fourth-order valence-corrected chi connectivity index (χ4v) is 12.9. The zero-order valence-electron chi connectivity index (χ0n) is 12.1. The molecular formula is C13H30OSi2. The molecule has 0 fully saturated rings. The standard InChI is InChI=1S/C13H30OSi2/c1-15(2,3)13(16(4,5)6)11-9-7-8-10-12-14/h11,14H,7-10,12H2,1-6H3. The molecule has 1 nitrogen and oxygen atoms in total. The number of rotatable bonds is 7. The van der Waals surface area contributed by atoms with Crippen LogP contribution in [0.15, 0.2) is 10.9 Å². The quantitative estimate of drug-likeness (QED) is 0.535. The maximum atomic E-state index is 8.73. The highest BCUT2D eigenvalue weighted by Crippen LogP contribution is 2.26. The van der Waals surface area contributed by atoms with Gasteiger partial charge < -0.3 is 5.11 Å². The minimum Gasteiger partial charge on any atom is -0.396 e. The molecule has 0 radical (unpaired) electrons. The van der Waals surface area contributed by atoms with Gasteiger partial charge in [-0.1, -0.05) is 56.6 Å². The topological polar surface area (TPSA) is 20.2 Å². The molecule has 0 aliphatic heterocycles. The molecule has 0 aromatic rings.